The molecule has 1 heterocycles. The second-order valence-electron chi connectivity index (χ2n) is 5.30. The molecule has 1 N–H and O–H groups in total. The van der Waals surface area contributed by atoms with Gasteiger partial charge >= 0.3 is 0 Å². The molecule has 0 fully saturated rings. The van der Waals surface area contributed by atoms with Crippen molar-refractivity contribution in [2.24, 2.45) is 0 Å². The largest absolute Gasteiger partial charge is 0.497 e. The molecule has 1 atom stereocenters. The molecular formula is C18H25NOS. The zero-order valence-electron chi connectivity index (χ0n) is 13.2. The number of benzene rings is 1. The molecule has 1 aromatic heterocycles. The van der Waals surface area contributed by atoms with Gasteiger partial charge < -0.3 is 10.1 Å². The first-order valence-electron chi connectivity index (χ1n) is 7.63. The standard InChI is InChI=1S/C18H25NOS/c1-4-17-11-12-18(21-17)13-15(19-2)8-5-14-6-9-16(20-3)10-7-14/h6-7,9-12,15,19H,4-5,8,13H2,1-3H3. The van der Waals surface area contributed by atoms with E-state index in [-0.39, 0.29) is 0 Å². The number of likely N-dealkylation sites (N-methyl/N-ethyl adjacent to an activating group) is 1. The van der Waals surface area contributed by atoms with E-state index in [9.17, 15) is 0 Å². The number of thiophene rings is 1. The summed E-state index contributed by atoms with van der Waals surface area (Å²) in [6.07, 6.45) is 4.52. The summed E-state index contributed by atoms with van der Waals surface area (Å²) in [4.78, 5) is 2.97. The van der Waals surface area contributed by atoms with Crippen LogP contribution in [-0.2, 0) is 19.3 Å². The van der Waals surface area contributed by atoms with Crippen molar-refractivity contribution in [1.29, 1.82) is 0 Å². The highest BCUT2D eigenvalue weighted by Gasteiger charge is 2.09. The Labute approximate surface area is 132 Å². The maximum absolute atomic E-state index is 5.20. The zero-order valence-corrected chi connectivity index (χ0v) is 14.0. The molecule has 21 heavy (non-hydrogen) atoms. The Morgan fingerprint density at radius 2 is 1.81 bits per heavy atom. The summed E-state index contributed by atoms with van der Waals surface area (Å²) in [5.41, 5.74) is 1.37. The summed E-state index contributed by atoms with van der Waals surface area (Å²) in [5.74, 6) is 0.926. The first kappa shape index (κ1) is 16.1. The number of aryl methyl sites for hydroxylation is 2. The lowest BCUT2D eigenvalue weighted by molar-refractivity contribution is 0.414. The molecule has 3 heteroatoms. The number of methoxy groups -OCH3 is 1. The predicted octanol–water partition coefficient (Wildman–Crippen LogP) is 4.08. The first-order chi connectivity index (χ1) is 10.2. The summed E-state index contributed by atoms with van der Waals surface area (Å²) >= 11 is 1.95. The van der Waals surface area contributed by atoms with Crippen molar-refractivity contribution in [3.05, 3.63) is 51.7 Å². The van der Waals surface area contributed by atoms with Gasteiger partial charge in [0, 0.05) is 15.8 Å². The Morgan fingerprint density at radius 1 is 1.10 bits per heavy atom. The van der Waals surface area contributed by atoms with Gasteiger partial charge in [0.05, 0.1) is 7.11 Å². The molecule has 0 spiro atoms. The third kappa shape index (κ3) is 4.87. The van der Waals surface area contributed by atoms with E-state index in [2.05, 4.69) is 43.6 Å². The van der Waals surface area contributed by atoms with Crippen LogP contribution < -0.4 is 10.1 Å². The number of ether oxygens (including phenoxy) is 1. The minimum absolute atomic E-state index is 0.537. The average molecular weight is 303 g/mol. The SMILES string of the molecule is CCc1ccc(CC(CCc2ccc(OC)cc2)NC)s1. The van der Waals surface area contributed by atoms with Gasteiger partial charge in [-0.15, -0.1) is 11.3 Å². The predicted molar refractivity (Wildman–Crippen MR) is 91.6 cm³/mol. The maximum atomic E-state index is 5.20. The topological polar surface area (TPSA) is 21.3 Å². The molecule has 0 saturated heterocycles. The quantitative estimate of drug-likeness (QED) is 0.793. The Kier molecular flexibility index (Phi) is 6.27. The van der Waals surface area contributed by atoms with E-state index in [0.29, 0.717) is 6.04 Å². The highest BCUT2D eigenvalue weighted by Crippen LogP contribution is 2.20. The molecule has 0 amide bonds. The van der Waals surface area contributed by atoms with Crippen LogP contribution in [0.1, 0.15) is 28.7 Å². The summed E-state index contributed by atoms with van der Waals surface area (Å²) < 4.78 is 5.20. The lowest BCUT2D eigenvalue weighted by Gasteiger charge is -2.15. The van der Waals surface area contributed by atoms with Gasteiger partial charge in [0.25, 0.3) is 0 Å². The normalized spacial score (nSPS) is 12.3. The van der Waals surface area contributed by atoms with Crippen molar-refractivity contribution in [3.8, 4) is 5.75 Å². The average Bonchev–Trinajstić information content (AvgIpc) is 2.99. The van der Waals surface area contributed by atoms with Crippen LogP contribution in [0.5, 0.6) is 5.75 Å². The van der Waals surface area contributed by atoms with Gasteiger partial charge in [-0.3, -0.25) is 0 Å². The highest BCUT2D eigenvalue weighted by atomic mass is 32.1. The lowest BCUT2D eigenvalue weighted by atomic mass is 10.0. The van der Waals surface area contributed by atoms with E-state index in [4.69, 9.17) is 4.74 Å². The van der Waals surface area contributed by atoms with Crippen LogP contribution in [0.2, 0.25) is 0 Å². The number of nitrogens with one attached hydrogen (secondary N) is 1. The molecule has 1 aromatic carbocycles. The van der Waals surface area contributed by atoms with Crippen LogP contribution >= 0.6 is 11.3 Å². The number of hydrogen-bond acceptors (Lipinski definition) is 3. The van der Waals surface area contributed by atoms with Crippen molar-refractivity contribution >= 4 is 11.3 Å². The van der Waals surface area contributed by atoms with Crippen molar-refractivity contribution in [3.63, 3.8) is 0 Å². The molecule has 2 aromatic rings. The van der Waals surface area contributed by atoms with Crippen LogP contribution in [0.4, 0.5) is 0 Å². The minimum atomic E-state index is 0.537. The Bertz CT molecular complexity index is 532. The van der Waals surface area contributed by atoms with E-state index in [0.717, 1.165) is 31.4 Å². The highest BCUT2D eigenvalue weighted by molar-refractivity contribution is 7.11. The Morgan fingerprint density at radius 3 is 2.38 bits per heavy atom. The summed E-state index contributed by atoms with van der Waals surface area (Å²) in [5, 5.41) is 3.45. The van der Waals surface area contributed by atoms with Crippen molar-refractivity contribution in [2.45, 2.75) is 38.6 Å². The molecule has 114 valence electrons. The first-order valence-corrected chi connectivity index (χ1v) is 8.44. The van der Waals surface area contributed by atoms with E-state index < -0.39 is 0 Å². The van der Waals surface area contributed by atoms with Crippen LogP contribution in [0.3, 0.4) is 0 Å². The smallest absolute Gasteiger partial charge is 0.118 e. The van der Waals surface area contributed by atoms with Crippen molar-refractivity contribution < 1.29 is 4.74 Å². The third-order valence-electron chi connectivity index (χ3n) is 3.86. The zero-order chi connectivity index (χ0) is 15.1. The number of hydrogen-bond donors (Lipinski definition) is 1. The van der Waals surface area contributed by atoms with Crippen LogP contribution in [0, 0.1) is 0 Å². The second-order valence-corrected chi connectivity index (χ2v) is 6.55. The Balaban J connectivity index is 1.86. The molecule has 0 radical (unpaired) electrons. The van der Waals surface area contributed by atoms with Gasteiger partial charge in [0.15, 0.2) is 0 Å². The molecule has 0 aliphatic carbocycles. The molecule has 2 rings (SSSR count). The van der Waals surface area contributed by atoms with E-state index in [1.54, 1.807) is 7.11 Å². The molecular weight excluding hydrogens is 278 g/mol. The fourth-order valence-corrected chi connectivity index (χ4v) is 3.48. The summed E-state index contributed by atoms with van der Waals surface area (Å²) in [6.45, 7) is 2.22. The molecule has 0 saturated carbocycles. The number of rotatable bonds is 8. The van der Waals surface area contributed by atoms with Crippen LogP contribution in [0.15, 0.2) is 36.4 Å². The van der Waals surface area contributed by atoms with E-state index in [1.165, 1.54) is 15.3 Å². The van der Waals surface area contributed by atoms with Gasteiger partial charge in [0.1, 0.15) is 5.75 Å². The van der Waals surface area contributed by atoms with E-state index >= 15 is 0 Å². The van der Waals surface area contributed by atoms with Gasteiger partial charge in [-0.1, -0.05) is 19.1 Å². The van der Waals surface area contributed by atoms with Gasteiger partial charge in [-0.2, -0.15) is 0 Å². The lowest BCUT2D eigenvalue weighted by Crippen LogP contribution is -2.27. The van der Waals surface area contributed by atoms with Crippen LogP contribution in [0.25, 0.3) is 0 Å². The van der Waals surface area contributed by atoms with E-state index in [1.807, 2.05) is 23.5 Å². The summed E-state index contributed by atoms with van der Waals surface area (Å²) in [6, 6.07) is 13.5. The molecule has 0 aliphatic rings. The van der Waals surface area contributed by atoms with Crippen LogP contribution in [-0.4, -0.2) is 20.2 Å². The molecule has 0 aliphatic heterocycles. The Hall–Kier alpha value is -1.32. The minimum Gasteiger partial charge on any atom is -0.497 e. The molecule has 2 nitrogen and oxygen atoms in total. The van der Waals surface area contributed by atoms with Crippen molar-refractivity contribution in [2.75, 3.05) is 14.2 Å². The third-order valence-corrected chi connectivity index (χ3v) is 5.11. The van der Waals surface area contributed by atoms with Gasteiger partial charge in [0.2, 0.25) is 0 Å². The molecule has 0 bridgehead atoms. The van der Waals surface area contributed by atoms with Crippen molar-refractivity contribution in [1.82, 2.24) is 5.32 Å². The van der Waals surface area contributed by atoms with Gasteiger partial charge in [-0.25, -0.2) is 0 Å². The fourth-order valence-electron chi connectivity index (χ4n) is 2.45. The summed E-state index contributed by atoms with van der Waals surface area (Å²) in [7, 11) is 3.77. The second kappa shape index (κ2) is 8.20. The monoisotopic (exact) mass is 303 g/mol. The van der Waals surface area contributed by atoms with Gasteiger partial charge in [-0.05, 0) is 62.6 Å². The maximum Gasteiger partial charge on any atom is 0.118 e. The fraction of sp³-hybridized carbons (Fsp3) is 0.444. The molecule has 1 unspecified atom stereocenters.